The van der Waals surface area contributed by atoms with E-state index >= 15 is 0 Å². The Balaban J connectivity index is 1.63. The molecule has 1 aromatic rings. The molecule has 1 atom stereocenters. The molecule has 0 saturated carbocycles. The van der Waals surface area contributed by atoms with Gasteiger partial charge in [0.1, 0.15) is 11.9 Å². The predicted molar refractivity (Wildman–Crippen MR) is 63.3 cm³/mol. The van der Waals surface area contributed by atoms with Crippen LogP contribution in [-0.2, 0) is 4.74 Å². The number of hydrogen-bond donors (Lipinski definition) is 1. The van der Waals surface area contributed by atoms with Crippen molar-refractivity contribution in [3.63, 3.8) is 0 Å². The first-order chi connectivity index (χ1) is 7.86. The fraction of sp³-hybridized carbons (Fsp3) is 0.692. The van der Waals surface area contributed by atoms with E-state index < -0.39 is 0 Å². The third kappa shape index (κ3) is 3.35. The smallest absolute Gasteiger partial charge is 0.132 e. The van der Waals surface area contributed by atoms with E-state index in [1.807, 2.05) is 19.1 Å². The summed E-state index contributed by atoms with van der Waals surface area (Å²) < 4.78 is 11.1. The second-order valence-corrected chi connectivity index (χ2v) is 4.51. The minimum atomic E-state index is 0.0803. The van der Waals surface area contributed by atoms with Crippen LogP contribution in [0.5, 0.6) is 0 Å². The fourth-order valence-corrected chi connectivity index (χ4v) is 2.19. The summed E-state index contributed by atoms with van der Waals surface area (Å²) in [4.78, 5) is 0. The summed E-state index contributed by atoms with van der Waals surface area (Å²) in [6.07, 6.45) is 5.53. The highest BCUT2D eigenvalue weighted by Gasteiger charge is 2.14. The van der Waals surface area contributed by atoms with Gasteiger partial charge in [-0.1, -0.05) is 0 Å². The van der Waals surface area contributed by atoms with Crippen molar-refractivity contribution in [1.82, 2.24) is 5.32 Å². The van der Waals surface area contributed by atoms with Crippen molar-refractivity contribution in [2.45, 2.75) is 32.3 Å². The molecule has 16 heavy (non-hydrogen) atoms. The topological polar surface area (TPSA) is 34.4 Å². The normalized spacial score (nSPS) is 19.8. The van der Waals surface area contributed by atoms with E-state index in [4.69, 9.17) is 9.15 Å². The molecule has 0 radical (unpaired) electrons. The Labute approximate surface area is 97.2 Å². The van der Waals surface area contributed by atoms with Gasteiger partial charge in [0, 0.05) is 6.61 Å². The molecule has 0 aliphatic carbocycles. The number of ether oxygens (including phenoxy) is 1. The maximum absolute atomic E-state index is 5.77. The van der Waals surface area contributed by atoms with E-state index in [2.05, 4.69) is 5.32 Å². The van der Waals surface area contributed by atoms with Crippen LogP contribution in [0, 0.1) is 5.92 Å². The van der Waals surface area contributed by atoms with Gasteiger partial charge in [0.05, 0.1) is 6.26 Å². The van der Waals surface area contributed by atoms with Crippen LogP contribution in [0.1, 0.15) is 38.1 Å². The van der Waals surface area contributed by atoms with Crippen molar-refractivity contribution in [3.05, 3.63) is 24.2 Å². The zero-order valence-corrected chi connectivity index (χ0v) is 9.95. The summed E-state index contributed by atoms with van der Waals surface area (Å²) in [6, 6.07) is 3.87. The highest BCUT2D eigenvalue weighted by atomic mass is 16.5. The minimum absolute atomic E-state index is 0.0803. The summed E-state index contributed by atoms with van der Waals surface area (Å²) in [6.45, 7) is 5.21. The molecule has 2 heterocycles. The maximum Gasteiger partial charge on any atom is 0.132 e. The third-order valence-electron chi connectivity index (χ3n) is 3.30. The molecule has 0 spiro atoms. The number of piperidine rings is 1. The molecule has 90 valence electrons. The van der Waals surface area contributed by atoms with Gasteiger partial charge >= 0.3 is 0 Å². The van der Waals surface area contributed by atoms with E-state index in [9.17, 15) is 0 Å². The first kappa shape index (κ1) is 11.7. The molecule has 1 N–H and O–H groups in total. The zero-order chi connectivity index (χ0) is 11.2. The monoisotopic (exact) mass is 223 g/mol. The van der Waals surface area contributed by atoms with Crippen LogP contribution in [0.4, 0.5) is 0 Å². The first-order valence-electron chi connectivity index (χ1n) is 6.22. The van der Waals surface area contributed by atoms with Gasteiger partial charge in [0.15, 0.2) is 0 Å². The van der Waals surface area contributed by atoms with Crippen LogP contribution in [0.25, 0.3) is 0 Å². The number of furan rings is 1. The molecule has 1 aliphatic heterocycles. The summed E-state index contributed by atoms with van der Waals surface area (Å²) in [5.41, 5.74) is 0. The lowest BCUT2D eigenvalue weighted by atomic mass is 9.95. The largest absolute Gasteiger partial charge is 0.467 e. The molecule has 0 aromatic carbocycles. The van der Waals surface area contributed by atoms with E-state index in [0.29, 0.717) is 0 Å². The Hall–Kier alpha value is -0.800. The van der Waals surface area contributed by atoms with Crippen molar-refractivity contribution < 1.29 is 9.15 Å². The lowest BCUT2D eigenvalue weighted by molar-refractivity contribution is 0.0398. The summed E-state index contributed by atoms with van der Waals surface area (Å²) in [5.74, 6) is 1.76. The lowest BCUT2D eigenvalue weighted by Crippen LogP contribution is -2.28. The molecular formula is C13H21NO2. The molecule has 0 amide bonds. The van der Waals surface area contributed by atoms with E-state index in [-0.39, 0.29) is 6.10 Å². The van der Waals surface area contributed by atoms with E-state index in [0.717, 1.165) is 18.3 Å². The fourth-order valence-electron chi connectivity index (χ4n) is 2.19. The quantitative estimate of drug-likeness (QED) is 0.833. The van der Waals surface area contributed by atoms with Gasteiger partial charge < -0.3 is 14.5 Å². The van der Waals surface area contributed by atoms with Crippen LogP contribution < -0.4 is 5.32 Å². The second-order valence-electron chi connectivity index (χ2n) is 4.51. The van der Waals surface area contributed by atoms with Gasteiger partial charge in [-0.25, -0.2) is 0 Å². The second kappa shape index (κ2) is 6.06. The molecule has 1 fully saturated rings. The Morgan fingerprint density at radius 2 is 2.31 bits per heavy atom. The number of hydrogen-bond acceptors (Lipinski definition) is 3. The predicted octanol–water partition coefficient (Wildman–Crippen LogP) is 2.75. The molecule has 1 aliphatic rings. The molecule has 3 heteroatoms. The van der Waals surface area contributed by atoms with Gasteiger partial charge in [0.2, 0.25) is 0 Å². The summed E-state index contributed by atoms with van der Waals surface area (Å²) in [7, 11) is 0. The van der Waals surface area contributed by atoms with Crippen LogP contribution in [-0.4, -0.2) is 19.7 Å². The van der Waals surface area contributed by atoms with Crippen molar-refractivity contribution in [1.29, 1.82) is 0 Å². The van der Waals surface area contributed by atoms with Crippen molar-refractivity contribution >= 4 is 0 Å². The minimum Gasteiger partial charge on any atom is -0.467 e. The highest BCUT2D eigenvalue weighted by Crippen LogP contribution is 2.20. The van der Waals surface area contributed by atoms with Crippen LogP contribution >= 0.6 is 0 Å². The molecule has 0 unspecified atom stereocenters. The van der Waals surface area contributed by atoms with Gasteiger partial charge in [-0.15, -0.1) is 0 Å². The summed E-state index contributed by atoms with van der Waals surface area (Å²) in [5, 5.41) is 3.38. The molecule has 1 aromatic heterocycles. The standard InChI is InChI=1S/C13H21NO2/c1-11(13-3-2-9-16-13)15-10-6-12-4-7-14-8-5-12/h2-3,9,11-12,14H,4-8,10H2,1H3/t11-/m0/s1. The lowest BCUT2D eigenvalue weighted by Gasteiger charge is -2.22. The Morgan fingerprint density at radius 1 is 1.50 bits per heavy atom. The first-order valence-corrected chi connectivity index (χ1v) is 6.22. The van der Waals surface area contributed by atoms with Crippen molar-refractivity contribution in [2.24, 2.45) is 5.92 Å². The van der Waals surface area contributed by atoms with E-state index in [1.54, 1.807) is 6.26 Å². The molecule has 2 rings (SSSR count). The van der Waals surface area contributed by atoms with Crippen LogP contribution in [0.15, 0.2) is 22.8 Å². The third-order valence-corrected chi connectivity index (χ3v) is 3.30. The summed E-state index contributed by atoms with van der Waals surface area (Å²) >= 11 is 0. The molecule has 1 saturated heterocycles. The van der Waals surface area contributed by atoms with Gasteiger partial charge in [-0.05, 0) is 57.3 Å². The number of nitrogens with one attached hydrogen (secondary N) is 1. The van der Waals surface area contributed by atoms with Gasteiger partial charge in [-0.2, -0.15) is 0 Å². The maximum atomic E-state index is 5.77. The van der Waals surface area contributed by atoms with Crippen LogP contribution in [0.2, 0.25) is 0 Å². The zero-order valence-electron chi connectivity index (χ0n) is 9.95. The highest BCUT2D eigenvalue weighted by molar-refractivity contribution is 5.00. The van der Waals surface area contributed by atoms with Crippen LogP contribution in [0.3, 0.4) is 0 Å². The number of rotatable bonds is 5. The van der Waals surface area contributed by atoms with Crippen molar-refractivity contribution in [2.75, 3.05) is 19.7 Å². The van der Waals surface area contributed by atoms with Crippen molar-refractivity contribution in [3.8, 4) is 0 Å². The van der Waals surface area contributed by atoms with E-state index in [1.165, 1.54) is 32.4 Å². The Kier molecular flexibility index (Phi) is 4.43. The molecular weight excluding hydrogens is 202 g/mol. The average Bonchev–Trinajstić information content (AvgIpc) is 2.84. The SMILES string of the molecule is C[C@H](OCCC1CCNCC1)c1ccco1. The molecule has 0 bridgehead atoms. The Bertz CT molecular complexity index is 278. The average molecular weight is 223 g/mol. The van der Waals surface area contributed by atoms with Gasteiger partial charge in [-0.3, -0.25) is 0 Å². The van der Waals surface area contributed by atoms with Gasteiger partial charge in [0.25, 0.3) is 0 Å². The Morgan fingerprint density at radius 3 is 3.00 bits per heavy atom. The molecule has 3 nitrogen and oxygen atoms in total.